The second-order valence-corrected chi connectivity index (χ2v) is 6.37. The van der Waals surface area contributed by atoms with E-state index in [-0.39, 0.29) is 6.16 Å². The SMILES string of the molecule is CCc1cc(CP(=O)(OC)OC)cc(CC)c1O. The molecule has 0 aliphatic heterocycles. The molecule has 0 atom stereocenters. The summed E-state index contributed by atoms with van der Waals surface area (Å²) in [5.74, 6) is 0.341. The number of benzene rings is 1. The zero-order chi connectivity index (χ0) is 13.8. The number of hydrogen-bond donors (Lipinski definition) is 1. The molecule has 0 aromatic heterocycles. The highest BCUT2D eigenvalue weighted by atomic mass is 31.2. The second-order valence-electron chi connectivity index (χ2n) is 4.10. The maximum atomic E-state index is 12.1. The predicted molar refractivity (Wildman–Crippen MR) is 72.2 cm³/mol. The van der Waals surface area contributed by atoms with E-state index in [2.05, 4.69) is 0 Å². The summed E-state index contributed by atoms with van der Waals surface area (Å²) in [4.78, 5) is 0. The van der Waals surface area contributed by atoms with Crippen LogP contribution >= 0.6 is 7.60 Å². The van der Waals surface area contributed by atoms with Gasteiger partial charge in [0.1, 0.15) is 5.75 Å². The van der Waals surface area contributed by atoms with Crippen molar-refractivity contribution in [3.63, 3.8) is 0 Å². The van der Waals surface area contributed by atoms with Crippen molar-refractivity contribution in [2.45, 2.75) is 32.9 Å². The first-order chi connectivity index (χ1) is 8.49. The van der Waals surface area contributed by atoms with Crippen LogP contribution in [0.2, 0.25) is 0 Å². The Labute approximate surface area is 108 Å². The number of aryl methyl sites for hydroxylation is 2. The van der Waals surface area contributed by atoms with Gasteiger partial charge in [0, 0.05) is 14.2 Å². The second kappa shape index (κ2) is 6.37. The minimum Gasteiger partial charge on any atom is -0.507 e. The fraction of sp³-hybridized carbons (Fsp3) is 0.538. The maximum absolute atomic E-state index is 12.1. The van der Waals surface area contributed by atoms with Crippen LogP contribution in [-0.2, 0) is 32.6 Å². The molecule has 18 heavy (non-hydrogen) atoms. The number of aromatic hydroxyl groups is 1. The summed E-state index contributed by atoms with van der Waals surface area (Å²) in [5, 5.41) is 9.99. The molecular formula is C13H21O4P. The molecule has 0 fully saturated rings. The molecule has 1 rings (SSSR count). The first-order valence-corrected chi connectivity index (χ1v) is 7.76. The standard InChI is InChI=1S/C13H21O4P/c1-5-11-7-10(8-12(6-2)13(11)14)9-18(15,16-3)17-4/h7-8,14H,5-6,9H2,1-4H3. The Bertz CT molecular complexity index is 423. The van der Waals surface area contributed by atoms with Crippen LogP contribution in [0.15, 0.2) is 12.1 Å². The van der Waals surface area contributed by atoms with E-state index in [1.54, 1.807) is 0 Å². The Morgan fingerprint density at radius 1 is 1.11 bits per heavy atom. The van der Waals surface area contributed by atoms with Crippen molar-refractivity contribution in [3.05, 3.63) is 28.8 Å². The van der Waals surface area contributed by atoms with Gasteiger partial charge in [0.2, 0.25) is 0 Å². The van der Waals surface area contributed by atoms with E-state index < -0.39 is 7.60 Å². The third-order valence-electron chi connectivity index (χ3n) is 3.02. The van der Waals surface area contributed by atoms with Crippen molar-refractivity contribution in [1.82, 2.24) is 0 Å². The zero-order valence-electron chi connectivity index (χ0n) is 11.4. The lowest BCUT2D eigenvalue weighted by atomic mass is 10.0. The van der Waals surface area contributed by atoms with E-state index in [1.807, 2.05) is 26.0 Å². The van der Waals surface area contributed by atoms with Crippen LogP contribution in [0.5, 0.6) is 5.75 Å². The summed E-state index contributed by atoms with van der Waals surface area (Å²) in [5.41, 5.74) is 2.60. The monoisotopic (exact) mass is 272 g/mol. The van der Waals surface area contributed by atoms with Crippen molar-refractivity contribution < 1.29 is 18.7 Å². The first kappa shape index (κ1) is 15.2. The molecule has 102 valence electrons. The molecule has 0 amide bonds. The van der Waals surface area contributed by atoms with E-state index in [9.17, 15) is 9.67 Å². The number of phenolic OH excluding ortho intramolecular Hbond substituents is 1. The third kappa shape index (κ3) is 3.35. The molecule has 0 unspecified atom stereocenters. The summed E-state index contributed by atoms with van der Waals surface area (Å²) in [6.45, 7) is 3.95. The average Bonchev–Trinajstić information content (AvgIpc) is 2.40. The van der Waals surface area contributed by atoms with Crippen molar-refractivity contribution in [2.75, 3.05) is 14.2 Å². The summed E-state index contributed by atoms with van der Waals surface area (Å²) in [6, 6.07) is 3.72. The van der Waals surface area contributed by atoms with Crippen LogP contribution < -0.4 is 0 Å². The lowest BCUT2D eigenvalue weighted by Crippen LogP contribution is -1.97. The normalized spacial score (nSPS) is 11.8. The van der Waals surface area contributed by atoms with Crippen LogP contribution in [-0.4, -0.2) is 19.3 Å². The number of phenols is 1. The van der Waals surface area contributed by atoms with Gasteiger partial charge in [-0.3, -0.25) is 4.57 Å². The molecular weight excluding hydrogens is 251 g/mol. The van der Waals surface area contributed by atoms with Crippen LogP contribution in [0.25, 0.3) is 0 Å². The van der Waals surface area contributed by atoms with Crippen LogP contribution in [0.3, 0.4) is 0 Å². The fourth-order valence-electron chi connectivity index (χ4n) is 1.89. The molecule has 0 spiro atoms. The smallest absolute Gasteiger partial charge is 0.334 e. The Morgan fingerprint density at radius 2 is 1.56 bits per heavy atom. The van der Waals surface area contributed by atoms with Gasteiger partial charge in [-0.05, 0) is 29.5 Å². The van der Waals surface area contributed by atoms with E-state index in [0.717, 1.165) is 29.5 Å². The molecule has 0 bridgehead atoms. The van der Waals surface area contributed by atoms with Crippen molar-refractivity contribution in [1.29, 1.82) is 0 Å². The molecule has 1 aromatic carbocycles. The van der Waals surface area contributed by atoms with E-state index in [4.69, 9.17) is 9.05 Å². The van der Waals surface area contributed by atoms with Crippen molar-refractivity contribution >= 4 is 7.60 Å². The van der Waals surface area contributed by atoms with E-state index in [1.165, 1.54) is 14.2 Å². The highest BCUT2D eigenvalue weighted by Gasteiger charge is 2.22. The third-order valence-corrected chi connectivity index (χ3v) is 4.89. The molecule has 5 heteroatoms. The largest absolute Gasteiger partial charge is 0.507 e. The lowest BCUT2D eigenvalue weighted by Gasteiger charge is -2.16. The van der Waals surface area contributed by atoms with Crippen molar-refractivity contribution in [2.24, 2.45) is 0 Å². The molecule has 0 aliphatic carbocycles. The Morgan fingerprint density at radius 3 is 1.89 bits per heavy atom. The molecule has 0 heterocycles. The van der Waals surface area contributed by atoms with Crippen molar-refractivity contribution in [3.8, 4) is 5.75 Å². The van der Waals surface area contributed by atoms with Gasteiger partial charge < -0.3 is 14.2 Å². The summed E-state index contributed by atoms with van der Waals surface area (Å²) in [7, 11) is -0.298. The Balaban J connectivity index is 3.14. The minimum absolute atomic E-state index is 0.222. The topological polar surface area (TPSA) is 55.8 Å². The first-order valence-electron chi connectivity index (χ1n) is 6.03. The van der Waals surface area contributed by atoms with Gasteiger partial charge in [0.15, 0.2) is 0 Å². The molecule has 1 N–H and O–H groups in total. The number of hydrogen-bond acceptors (Lipinski definition) is 4. The molecule has 0 saturated heterocycles. The zero-order valence-corrected chi connectivity index (χ0v) is 12.3. The minimum atomic E-state index is -3.06. The molecule has 4 nitrogen and oxygen atoms in total. The highest BCUT2D eigenvalue weighted by molar-refractivity contribution is 7.52. The van der Waals surface area contributed by atoms with Gasteiger partial charge in [-0.2, -0.15) is 0 Å². The molecule has 1 aromatic rings. The van der Waals surface area contributed by atoms with Gasteiger partial charge in [-0.1, -0.05) is 26.0 Å². The van der Waals surface area contributed by atoms with Gasteiger partial charge in [-0.25, -0.2) is 0 Å². The quantitative estimate of drug-likeness (QED) is 0.805. The van der Waals surface area contributed by atoms with Gasteiger partial charge in [-0.15, -0.1) is 0 Å². The highest BCUT2D eigenvalue weighted by Crippen LogP contribution is 2.50. The predicted octanol–water partition coefficient (Wildman–Crippen LogP) is 3.50. The molecule has 0 saturated carbocycles. The number of rotatable bonds is 6. The molecule has 0 aliphatic rings. The summed E-state index contributed by atoms with van der Waals surface area (Å²) in [6.07, 6.45) is 1.69. The Hall–Kier alpha value is -0.830. The average molecular weight is 272 g/mol. The summed E-state index contributed by atoms with van der Waals surface area (Å²) >= 11 is 0. The van der Waals surface area contributed by atoms with Gasteiger partial charge >= 0.3 is 7.60 Å². The maximum Gasteiger partial charge on any atom is 0.334 e. The van der Waals surface area contributed by atoms with E-state index in [0.29, 0.717) is 5.75 Å². The van der Waals surface area contributed by atoms with Gasteiger partial charge in [0.05, 0.1) is 6.16 Å². The fourth-order valence-corrected chi connectivity index (χ4v) is 2.93. The van der Waals surface area contributed by atoms with Crippen LogP contribution in [0.1, 0.15) is 30.5 Å². The van der Waals surface area contributed by atoms with E-state index >= 15 is 0 Å². The van der Waals surface area contributed by atoms with Crippen LogP contribution in [0.4, 0.5) is 0 Å². The van der Waals surface area contributed by atoms with Crippen LogP contribution in [0, 0.1) is 0 Å². The summed E-state index contributed by atoms with van der Waals surface area (Å²) < 4.78 is 22.0. The Kier molecular flexibility index (Phi) is 5.39. The molecule has 0 radical (unpaired) electrons. The lowest BCUT2D eigenvalue weighted by molar-refractivity contribution is 0.274. The van der Waals surface area contributed by atoms with Gasteiger partial charge in [0.25, 0.3) is 0 Å².